The molecule has 0 aromatic rings. The van der Waals surface area contributed by atoms with Gasteiger partial charge in [0.1, 0.15) is 18.1 Å². The van der Waals surface area contributed by atoms with Crippen LogP contribution in [0.2, 0.25) is 0 Å². The molecule has 3 amide bonds. The molecule has 0 spiro atoms. The molecule has 0 aliphatic heterocycles. The van der Waals surface area contributed by atoms with Crippen molar-refractivity contribution in [2.45, 2.75) is 50.4 Å². The van der Waals surface area contributed by atoms with Crippen LogP contribution in [0.5, 0.6) is 0 Å². The fraction of sp³-hybridized carbons (Fsp3) is 0.533. The van der Waals surface area contributed by atoms with E-state index in [9.17, 15) is 33.6 Å². The predicted molar refractivity (Wildman–Crippen MR) is 93.8 cm³/mol. The van der Waals surface area contributed by atoms with E-state index in [1.54, 1.807) is 0 Å². The van der Waals surface area contributed by atoms with E-state index in [0.29, 0.717) is 0 Å². The van der Waals surface area contributed by atoms with Crippen LogP contribution in [0.25, 0.3) is 0 Å². The van der Waals surface area contributed by atoms with E-state index in [2.05, 4.69) is 5.32 Å². The SMILES string of the molecule is C[C@H](NC(=O)[C@@H](N)CC(=O)O)C(=O)N[C@@H](CC(=O)O)C(=O)N[C@@H](CC(=O)O)C(=O)O. The molecule has 15 heteroatoms. The molecule has 0 aliphatic rings. The topological polar surface area (TPSA) is 263 Å². The van der Waals surface area contributed by atoms with Gasteiger partial charge in [0.05, 0.1) is 25.3 Å². The first kappa shape index (κ1) is 26.2. The molecule has 0 rings (SSSR count). The van der Waals surface area contributed by atoms with Gasteiger partial charge in [-0.25, -0.2) is 4.79 Å². The van der Waals surface area contributed by atoms with Crippen molar-refractivity contribution in [3.63, 3.8) is 0 Å². The zero-order valence-electron chi connectivity index (χ0n) is 15.7. The fourth-order valence-corrected chi connectivity index (χ4v) is 1.99. The van der Waals surface area contributed by atoms with Gasteiger partial charge in [0.25, 0.3) is 0 Å². The molecule has 0 aromatic heterocycles. The van der Waals surface area contributed by atoms with Crippen molar-refractivity contribution >= 4 is 41.6 Å². The van der Waals surface area contributed by atoms with Crippen LogP contribution in [0, 0.1) is 0 Å². The van der Waals surface area contributed by atoms with Gasteiger partial charge in [-0.3, -0.25) is 28.8 Å². The zero-order chi connectivity index (χ0) is 23.6. The fourth-order valence-electron chi connectivity index (χ4n) is 1.99. The molecule has 0 saturated carbocycles. The Hall–Kier alpha value is -3.75. The van der Waals surface area contributed by atoms with Crippen LogP contribution in [0.1, 0.15) is 26.2 Å². The van der Waals surface area contributed by atoms with Crippen LogP contribution >= 0.6 is 0 Å². The molecule has 0 unspecified atom stereocenters. The third kappa shape index (κ3) is 9.98. The number of aliphatic carboxylic acids is 4. The van der Waals surface area contributed by atoms with Gasteiger partial charge in [0.15, 0.2) is 0 Å². The summed E-state index contributed by atoms with van der Waals surface area (Å²) in [5.41, 5.74) is 5.33. The highest BCUT2D eigenvalue weighted by atomic mass is 16.4. The Morgan fingerprint density at radius 2 is 1.10 bits per heavy atom. The third-order valence-corrected chi connectivity index (χ3v) is 3.49. The van der Waals surface area contributed by atoms with E-state index in [4.69, 9.17) is 26.2 Å². The van der Waals surface area contributed by atoms with Gasteiger partial charge in [-0.1, -0.05) is 0 Å². The molecule has 0 radical (unpaired) electrons. The maximum atomic E-state index is 12.2. The first-order valence-electron chi connectivity index (χ1n) is 8.29. The number of nitrogens with two attached hydrogens (primary N) is 1. The molecule has 0 fully saturated rings. The van der Waals surface area contributed by atoms with Crippen molar-refractivity contribution < 1.29 is 54.0 Å². The van der Waals surface area contributed by atoms with E-state index < -0.39 is 85.0 Å². The Morgan fingerprint density at radius 3 is 1.53 bits per heavy atom. The minimum absolute atomic E-state index is 0.718. The van der Waals surface area contributed by atoms with Crippen LogP contribution in [0.15, 0.2) is 0 Å². The van der Waals surface area contributed by atoms with E-state index in [1.165, 1.54) is 0 Å². The monoisotopic (exact) mass is 434 g/mol. The molecule has 9 N–H and O–H groups in total. The van der Waals surface area contributed by atoms with Crippen molar-refractivity contribution in [1.82, 2.24) is 16.0 Å². The average Bonchev–Trinajstić information content (AvgIpc) is 2.58. The van der Waals surface area contributed by atoms with Gasteiger partial charge >= 0.3 is 23.9 Å². The Morgan fingerprint density at radius 1 is 0.667 bits per heavy atom. The van der Waals surface area contributed by atoms with Crippen LogP contribution in [-0.4, -0.2) is 86.2 Å². The van der Waals surface area contributed by atoms with Crippen molar-refractivity contribution in [2.24, 2.45) is 5.73 Å². The van der Waals surface area contributed by atoms with Crippen LogP contribution in [0.3, 0.4) is 0 Å². The molecule has 0 aromatic carbocycles. The standard InChI is InChI=1S/C15H22N4O11/c1-5(17-13(27)6(16)2-9(20)21)12(26)18-7(3-10(22)23)14(28)19-8(15(29)30)4-11(24)25/h5-8H,2-4,16H2,1H3,(H,17,27)(H,18,26)(H,19,28)(H,20,21)(H,22,23)(H,24,25)(H,29,30)/t5-,6-,7-,8-/m0/s1. The molecule has 0 bridgehead atoms. The highest BCUT2D eigenvalue weighted by Crippen LogP contribution is 2.00. The van der Waals surface area contributed by atoms with Crippen molar-refractivity contribution in [3.8, 4) is 0 Å². The summed E-state index contributed by atoms with van der Waals surface area (Å²) in [4.78, 5) is 79.2. The number of carboxylic acids is 4. The lowest BCUT2D eigenvalue weighted by Gasteiger charge is -2.22. The van der Waals surface area contributed by atoms with Gasteiger partial charge in [0, 0.05) is 0 Å². The summed E-state index contributed by atoms with van der Waals surface area (Å²) in [5.74, 6) is -9.47. The van der Waals surface area contributed by atoms with Crippen molar-refractivity contribution in [1.29, 1.82) is 0 Å². The molecule has 0 aliphatic carbocycles. The number of rotatable bonds is 13. The van der Waals surface area contributed by atoms with Crippen molar-refractivity contribution in [2.75, 3.05) is 0 Å². The van der Waals surface area contributed by atoms with E-state index in [-0.39, 0.29) is 0 Å². The first-order valence-corrected chi connectivity index (χ1v) is 8.29. The lowest BCUT2D eigenvalue weighted by molar-refractivity contribution is -0.148. The van der Waals surface area contributed by atoms with Gasteiger partial charge in [-0.05, 0) is 6.92 Å². The molecule has 168 valence electrons. The molecule has 0 saturated heterocycles. The summed E-state index contributed by atoms with van der Waals surface area (Å²) in [6.07, 6.45) is -2.69. The molecule has 4 atom stereocenters. The van der Waals surface area contributed by atoms with Gasteiger partial charge in [-0.2, -0.15) is 0 Å². The zero-order valence-corrected chi connectivity index (χ0v) is 15.7. The summed E-state index contributed by atoms with van der Waals surface area (Å²) < 4.78 is 0. The first-order chi connectivity index (χ1) is 13.7. The molecular weight excluding hydrogens is 412 g/mol. The smallest absolute Gasteiger partial charge is 0.326 e. The summed E-state index contributed by atoms with van der Waals surface area (Å²) in [6.45, 7) is 1.14. The van der Waals surface area contributed by atoms with E-state index >= 15 is 0 Å². The number of nitrogens with one attached hydrogen (secondary N) is 3. The number of carbonyl (C=O) groups excluding carboxylic acids is 3. The second kappa shape index (κ2) is 11.9. The van der Waals surface area contributed by atoms with E-state index in [1.807, 2.05) is 10.6 Å². The molecule has 30 heavy (non-hydrogen) atoms. The maximum absolute atomic E-state index is 12.2. The van der Waals surface area contributed by atoms with Crippen LogP contribution < -0.4 is 21.7 Å². The van der Waals surface area contributed by atoms with Crippen molar-refractivity contribution in [3.05, 3.63) is 0 Å². The van der Waals surface area contributed by atoms with Crippen LogP contribution in [-0.2, 0) is 33.6 Å². The second-order valence-corrected chi connectivity index (χ2v) is 6.09. The Balaban J connectivity index is 5.16. The molecule has 15 nitrogen and oxygen atoms in total. The van der Waals surface area contributed by atoms with Gasteiger partial charge in [0.2, 0.25) is 17.7 Å². The summed E-state index contributed by atoms with van der Waals surface area (Å²) in [7, 11) is 0. The normalized spacial score (nSPS) is 14.3. The third-order valence-electron chi connectivity index (χ3n) is 3.49. The lowest BCUT2D eigenvalue weighted by atomic mass is 10.1. The van der Waals surface area contributed by atoms with Gasteiger partial charge in [-0.15, -0.1) is 0 Å². The summed E-state index contributed by atoms with van der Waals surface area (Å²) in [6, 6.07) is -6.51. The van der Waals surface area contributed by atoms with E-state index in [0.717, 1.165) is 6.92 Å². The minimum atomic E-state index is -1.88. The number of carbonyl (C=O) groups is 7. The molecular formula is C15H22N4O11. The maximum Gasteiger partial charge on any atom is 0.326 e. The number of amides is 3. The second-order valence-electron chi connectivity index (χ2n) is 6.09. The number of carboxylic acid groups (broad SMARTS) is 4. The summed E-state index contributed by atoms with van der Waals surface area (Å²) >= 11 is 0. The lowest BCUT2D eigenvalue weighted by Crippen LogP contribution is -2.57. The van der Waals surface area contributed by atoms with Crippen LogP contribution in [0.4, 0.5) is 0 Å². The number of hydrogen-bond acceptors (Lipinski definition) is 8. The highest BCUT2D eigenvalue weighted by molar-refractivity contribution is 5.96. The average molecular weight is 434 g/mol. The van der Waals surface area contributed by atoms with Gasteiger partial charge < -0.3 is 42.1 Å². The Bertz CT molecular complexity index is 723. The quantitative estimate of drug-likeness (QED) is 0.139. The largest absolute Gasteiger partial charge is 0.481 e. The molecule has 0 heterocycles. The minimum Gasteiger partial charge on any atom is -0.481 e. The summed E-state index contributed by atoms with van der Waals surface area (Å²) in [5, 5.41) is 41.0. The highest BCUT2D eigenvalue weighted by Gasteiger charge is 2.31. The Labute approximate surface area is 168 Å². The number of hydrogen-bond donors (Lipinski definition) is 8. The Kier molecular flexibility index (Phi) is 10.5. The predicted octanol–water partition coefficient (Wildman–Crippen LogP) is -3.70.